The van der Waals surface area contributed by atoms with Crippen molar-refractivity contribution in [3.05, 3.63) is 0 Å². The third-order valence-corrected chi connectivity index (χ3v) is 3.11. The summed E-state index contributed by atoms with van der Waals surface area (Å²) in [6.45, 7) is 0. The highest BCUT2D eigenvalue weighted by Gasteiger charge is 2.25. The van der Waals surface area contributed by atoms with Crippen molar-refractivity contribution >= 4 is 35.4 Å². The summed E-state index contributed by atoms with van der Waals surface area (Å²) in [5.41, 5.74) is -1.85. The van der Waals surface area contributed by atoms with E-state index in [1.165, 1.54) is 0 Å². The molecule has 0 radical (unpaired) electrons. The summed E-state index contributed by atoms with van der Waals surface area (Å²) in [5.74, 6) is 0.0735. The monoisotopic (exact) mass is 204 g/mol. The number of hydrogen-bond acceptors (Lipinski definition) is 5. The highest BCUT2D eigenvalue weighted by Crippen LogP contribution is 2.08. The zero-order chi connectivity index (χ0) is 8.36. The van der Waals surface area contributed by atoms with Crippen LogP contribution in [0.15, 0.2) is 0 Å². The summed E-state index contributed by atoms with van der Waals surface area (Å²) in [7, 11) is -4.38. The Kier molecular flexibility index (Phi) is 4.03. The van der Waals surface area contributed by atoms with Gasteiger partial charge in [0, 0.05) is 5.75 Å². The predicted molar refractivity (Wildman–Crippen MR) is 44.2 cm³/mol. The number of hydrogen-bond donors (Lipinski definition) is 4. The average Bonchev–Trinajstić information content (AvgIpc) is 1.83. The van der Waals surface area contributed by atoms with E-state index in [1.54, 1.807) is 0 Å². The highest BCUT2D eigenvalue weighted by atomic mass is 32.2. The Morgan fingerprint density at radius 1 is 1.50 bits per heavy atom. The van der Waals surface area contributed by atoms with Gasteiger partial charge in [0.15, 0.2) is 5.44 Å². The van der Waals surface area contributed by atoms with Gasteiger partial charge in [-0.3, -0.25) is 4.55 Å². The Morgan fingerprint density at radius 3 is 2.00 bits per heavy atom. The molecule has 0 spiro atoms. The summed E-state index contributed by atoms with van der Waals surface area (Å²) in [4.78, 5) is 0. The Hall–Kier alpha value is 0.570. The van der Waals surface area contributed by atoms with Crippen LogP contribution in [0.1, 0.15) is 0 Å². The van der Waals surface area contributed by atoms with E-state index in [4.69, 9.17) is 9.66 Å². The molecule has 0 aromatic carbocycles. The summed E-state index contributed by atoms with van der Waals surface area (Å²) in [6.07, 6.45) is 0. The highest BCUT2D eigenvalue weighted by molar-refractivity contribution is 7.89. The van der Waals surface area contributed by atoms with Crippen molar-refractivity contribution in [2.45, 2.75) is 10.7 Å². The lowest BCUT2D eigenvalue weighted by atomic mass is 10.5. The zero-order valence-electron chi connectivity index (χ0n) is 4.88. The van der Waals surface area contributed by atoms with Crippen LogP contribution >= 0.6 is 25.3 Å². The van der Waals surface area contributed by atoms with E-state index < -0.39 is 20.8 Å². The second kappa shape index (κ2) is 3.82. The largest absolute Gasteiger partial charge is 0.374 e. The molecule has 2 unspecified atom stereocenters. The molecule has 62 valence electrons. The van der Waals surface area contributed by atoms with Crippen LogP contribution in [-0.2, 0) is 10.1 Å². The molecule has 2 N–H and O–H groups in total. The zero-order valence-corrected chi connectivity index (χ0v) is 7.48. The van der Waals surface area contributed by atoms with Crippen LogP contribution in [0.3, 0.4) is 0 Å². The van der Waals surface area contributed by atoms with Crippen LogP contribution in [0.5, 0.6) is 0 Å². The molecule has 7 heteroatoms. The summed E-state index contributed by atoms with van der Waals surface area (Å²) in [6, 6.07) is 0. The van der Waals surface area contributed by atoms with Crippen molar-refractivity contribution in [2.75, 3.05) is 5.75 Å². The first kappa shape index (κ1) is 10.6. The van der Waals surface area contributed by atoms with E-state index in [1.807, 2.05) is 0 Å². The van der Waals surface area contributed by atoms with Gasteiger partial charge >= 0.3 is 0 Å². The van der Waals surface area contributed by atoms with Crippen molar-refractivity contribution in [1.82, 2.24) is 0 Å². The van der Waals surface area contributed by atoms with Crippen LogP contribution in [-0.4, -0.2) is 34.5 Å². The van der Waals surface area contributed by atoms with E-state index in [0.717, 1.165) is 0 Å². The quantitative estimate of drug-likeness (QED) is 0.366. The van der Waals surface area contributed by atoms with E-state index in [-0.39, 0.29) is 5.75 Å². The van der Waals surface area contributed by atoms with Gasteiger partial charge in [-0.15, -0.1) is 0 Å². The molecule has 4 nitrogen and oxygen atoms in total. The van der Waals surface area contributed by atoms with Gasteiger partial charge in [-0.1, -0.05) is 0 Å². The van der Waals surface area contributed by atoms with Gasteiger partial charge in [0.1, 0.15) is 0 Å². The van der Waals surface area contributed by atoms with E-state index in [0.29, 0.717) is 0 Å². The van der Waals surface area contributed by atoms with Crippen LogP contribution in [0.2, 0.25) is 0 Å². The van der Waals surface area contributed by atoms with Gasteiger partial charge in [-0.25, -0.2) is 0 Å². The minimum absolute atomic E-state index is 0.0735. The van der Waals surface area contributed by atoms with Crippen LogP contribution < -0.4 is 0 Å². The van der Waals surface area contributed by atoms with Crippen molar-refractivity contribution in [1.29, 1.82) is 0 Å². The molecule has 0 heterocycles. The smallest absolute Gasteiger partial charge is 0.293 e. The molecular formula is C3H8O4S3. The number of rotatable bonds is 3. The summed E-state index contributed by atoms with van der Waals surface area (Å²) >= 11 is 7.33. The average molecular weight is 204 g/mol. The lowest BCUT2D eigenvalue weighted by molar-refractivity contribution is 0.236. The minimum Gasteiger partial charge on any atom is -0.374 e. The molecule has 10 heavy (non-hydrogen) atoms. The topological polar surface area (TPSA) is 74.6 Å². The lowest BCUT2D eigenvalue weighted by Gasteiger charge is -2.11. The van der Waals surface area contributed by atoms with Crippen molar-refractivity contribution in [3.63, 3.8) is 0 Å². The van der Waals surface area contributed by atoms with Gasteiger partial charge in [0.05, 0.1) is 5.25 Å². The van der Waals surface area contributed by atoms with E-state index >= 15 is 0 Å². The fourth-order valence-corrected chi connectivity index (χ4v) is 1.59. The maximum Gasteiger partial charge on any atom is 0.293 e. The second-order valence-electron chi connectivity index (χ2n) is 1.66. The van der Waals surface area contributed by atoms with Gasteiger partial charge in [-0.05, 0) is 0 Å². The Labute approximate surface area is 70.2 Å². The molecule has 0 aliphatic carbocycles. The molecule has 0 bridgehead atoms. The van der Waals surface area contributed by atoms with Crippen molar-refractivity contribution in [2.24, 2.45) is 0 Å². The van der Waals surface area contributed by atoms with Gasteiger partial charge < -0.3 is 5.11 Å². The van der Waals surface area contributed by atoms with Crippen LogP contribution in [0.25, 0.3) is 0 Å². The molecule has 0 aliphatic heterocycles. The van der Waals surface area contributed by atoms with Crippen LogP contribution in [0, 0.1) is 0 Å². The summed E-state index contributed by atoms with van der Waals surface area (Å²) in [5, 5.41) is 7.83. The standard InChI is InChI=1S/C3H8O4S3/c4-3(2(9)1-8)10(5,6)7/h2-4,8-9H,1H2,(H,5,6,7). The predicted octanol–water partition coefficient (Wildman–Crippen LogP) is -0.579. The SMILES string of the molecule is O=S(=O)(O)C(O)C(S)CS. The fraction of sp³-hybridized carbons (Fsp3) is 1.00. The number of aliphatic hydroxyl groups excluding tert-OH is 1. The second-order valence-corrected chi connectivity index (χ2v) is 4.20. The molecule has 0 aromatic heterocycles. The Balaban J connectivity index is 4.23. The molecule has 0 saturated heterocycles. The first-order valence-electron chi connectivity index (χ1n) is 2.33. The summed E-state index contributed by atoms with van der Waals surface area (Å²) < 4.78 is 28.5. The van der Waals surface area contributed by atoms with Gasteiger partial charge in [-0.2, -0.15) is 33.7 Å². The molecule has 0 saturated carbocycles. The fourth-order valence-electron chi connectivity index (χ4n) is 0.289. The number of thiol groups is 2. The van der Waals surface area contributed by atoms with Gasteiger partial charge in [0.2, 0.25) is 0 Å². The first-order valence-corrected chi connectivity index (χ1v) is 4.98. The third kappa shape index (κ3) is 3.11. The Bertz CT molecular complexity index is 186. The molecule has 2 atom stereocenters. The number of aliphatic hydroxyl groups is 1. The van der Waals surface area contributed by atoms with Crippen LogP contribution in [0.4, 0.5) is 0 Å². The molecule has 0 rings (SSSR count). The molecule has 0 amide bonds. The minimum atomic E-state index is -4.38. The lowest BCUT2D eigenvalue weighted by Crippen LogP contribution is -2.30. The Morgan fingerprint density at radius 2 is 1.90 bits per heavy atom. The maximum atomic E-state index is 10.2. The normalized spacial score (nSPS) is 18.4. The first-order chi connectivity index (χ1) is 4.39. The molecule has 0 aromatic rings. The van der Waals surface area contributed by atoms with Crippen molar-refractivity contribution < 1.29 is 18.1 Å². The van der Waals surface area contributed by atoms with Crippen molar-refractivity contribution in [3.8, 4) is 0 Å². The third-order valence-electron chi connectivity index (χ3n) is 0.821. The molecule has 0 fully saturated rings. The maximum absolute atomic E-state index is 10.2. The van der Waals surface area contributed by atoms with E-state index in [9.17, 15) is 8.42 Å². The molecule has 0 aliphatic rings. The van der Waals surface area contributed by atoms with E-state index in [2.05, 4.69) is 25.3 Å². The van der Waals surface area contributed by atoms with Gasteiger partial charge in [0.25, 0.3) is 10.1 Å². The molecular weight excluding hydrogens is 196 g/mol.